The molecule has 0 bridgehead atoms. The number of halogens is 5. The van der Waals surface area contributed by atoms with Crippen LogP contribution in [0, 0.1) is 5.82 Å². The van der Waals surface area contributed by atoms with Crippen LogP contribution in [0.5, 0.6) is 5.75 Å². The molecule has 0 saturated carbocycles. The standard InChI is InChI=1S/C10H10ClF4NO/c11-8-5-7(1-2-9(8)12)17-4-3-16-6-10(13,14)15/h1-2,5,16H,3-4,6H2. The van der Waals surface area contributed by atoms with E-state index >= 15 is 0 Å². The van der Waals surface area contributed by atoms with Gasteiger partial charge in [-0.15, -0.1) is 0 Å². The number of hydrogen-bond acceptors (Lipinski definition) is 2. The molecule has 17 heavy (non-hydrogen) atoms. The molecule has 1 rings (SSSR count). The summed E-state index contributed by atoms with van der Waals surface area (Å²) in [5, 5.41) is 2.07. The van der Waals surface area contributed by atoms with Crippen LogP contribution in [0.2, 0.25) is 5.02 Å². The Kier molecular flexibility index (Phi) is 5.02. The molecule has 0 aliphatic carbocycles. The highest BCUT2D eigenvalue weighted by Crippen LogP contribution is 2.20. The van der Waals surface area contributed by atoms with Crippen LogP contribution in [0.1, 0.15) is 0 Å². The average Bonchev–Trinajstić information content (AvgIpc) is 2.21. The lowest BCUT2D eigenvalue weighted by molar-refractivity contribution is -0.124. The van der Waals surface area contributed by atoms with Crippen LogP contribution in [0.25, 0.3) is 0 Å². The first-order valence-electron chi connectivity index (χ1n) is 4.74. The van der Waals surface area contributed by atoms with Gasteiger partial charge in [-0.2, -0.15) is 13.2 Å². The number of alkyl halides is 3. The molecule has 0 heterocycles. The summed E-state index contributed by atoms with van der Waals surface area (Å²) in [6.45, 7) is -0.993. The predicted molar refractivity (Wildman–Crippen MR) is 55.8 cm³/mol. The zero-order chi connectivity index (χ0) is 12.9. The van der Waals surface area contributed by atoms with Gasteiger partial charge in [-0.25, -0.2) is 4.39 Å². The minimum atomic E-state index is -4.24. The summed E-state index contributed by atoms with van der Waals surface area (Å²) in [4.78, 5) is 0. The van der Waals surface area contributed by atoms with E-state index in [2.05, 4.69) is 5.32 Å². The Balaban J connectivity index is 2.25. The fraction of sp³-hybridized carbons (Fsp3) is 0.400. The molecule has 0 radical (unpaired) electrons. The Morgan fingerprint density at radius 3 is 2.59 bits per heavy atom. The van der Waals surface area contributed by atoms with Gasteiger partial charge in [0.25, 0.3) is 0 Å². The lowest BCUT2D eigenvalue weighted by Crippen LogP contribution is -2.31. The van der Waals surface area contributed by atoms with Gasteiger partial charge in [0.15, 0.2) is 0 Å². The van der Waals surface area contributed by atoms with Crippen LogP contribution in [-0.2, 0) is 0 Å². The number of benzene rings is 1. The van der Waals surface area contributed by atoms with Crippen molar-refractivity contribution < 1.29 is 22.3 Å². The van der Waals surface area contributed by atoms with Crippen molar-refractivity contribution in [2.75, 3.05) is 19.7 Å². The summed E-state index contributed by atoms with van der Waals surface area (Å²) in [5.74, 6) is -0.264. The van der Waals surface area contributed by atoms with E-state index in [4.69, 9.17) is 16.3 Å². The fourth-order valence-corrected chi connectivity index (χ4v) is 1.21. The fourth-order valence-electron chi connectivity index (χ4n) is 1.04. The first-order valence-corrected chi connectivity index (χ1v) is 5.11. The summed E-state index contributed by atoms with van der Waals surface area (Å²) in [6.07, 6.45) is -4.24. The number of ether oxygens (including phenoxy) is 1. The summed E-state index contributed by atoms with van der Waals surface area (Å²) < 4.78 is 53.0. The van der Waals surface area contributed by atoms with E-state index in [0.717, 1.165) is 6.07 Å². The van der Waals surface area contributed by atoms with Crippen molar-refractivity contribution in [1.82, 2.24) is 5.32 Å². The van der Waals surface area contributed by atoms with Gasteiger partial charge in [-0.05, 0) is 12.1 Å². The molecule has 0 atom stereocenters. The first kappa shape index (κ1) is 14.1. The van der Waals surface area contributed by atoms with E-state index in [1.54, 1.807) is 0 Å². The third-order valence-electron chi connectivity index (χ3n) is 1.76. The van der Waals surface area contributed by atoms with E-state index in [1.165, 1.54) is 12.1 Å². The van der Waals surface area contributed by atoms with Crippen LogP contribution in [0.4, 0.5) is 17.6 Å². The van der Waals surface area contributed by atoms with Crippen LogP contribution < -0.4 is 10.1 Å². The molecule has 1 aromatic carbocycles. The van der Waals surface area contributed by atoms with E-state index < -0.39 is 18.5 Å². The van der Waals surface area contributed by atoms with Gasteiger partial charge >= 0.3 is 6.18 Å². The molecule has 1 aromatic rings. The molecule has 1 N–H and O–H groups in total. The molecule has 0 unspecified atom stereocenters. The van der Waals surface area contributed by atoms with Crippen LogP contribution in [0.15, 0.2) is 18.2 Å². The summed E-state index contributed by atoms with van der Waals surface area (Å²) >= 11 is 5.49. The summed E-state index contributed by atoms with van der Waals surface area (Å²) in [6, 6.07) is 3.74. The first-order chi connectivity index (χ1) is 7.88. The quantitative estimate of drug-likeness (QED) is 0.657. The Hall–Kier alpha value is -1.01. The molecule has 0 aliphatic rings. The van der Waals surface area contributed by atoms with E-state index in [0.29, 0.717) is 5.75 Å². The Morgan fingerprint density at radius 2 is 2.00 bits per heavy atom. The second-order valence-corrected chi connectivity index (χ2v) is 3.62. The largest absolute Gasteiger partial charge is 0.492 e. The van der Waals surface area contributed by atoms with Crippen molar-refractivity contribution in [3.05, 3.63) is 29.0 Å². The molecule has 0 amide bonds. The number of rotatable bonds is 5. The summed E-state index contributed by atoms with van der Waals surface area (Å²) in [5.41, 5.74) is 0. The van der Waals surface area contributed by atoms with E-state index in [-0.39, 0.29) is 18.2 Å². The third-order valence-corrected chi connectivity index (χ3v) is 2.05. The molecule has 0 spiro atoms. The zero-order valence-corrected chi connectivity index (χ0v) is 9.41. The molecule has 7 heteroatoms. The Morgan fingerprint density at radius 1 is 1.29 bits per heavy atom. The second-order valence-electron chi connectivity index (χ2n) is 3.22. The maximum atomic E-state index is 12.7. The number of hydrogen-bond donors (Lipinski definition) is 1. The molecule has 0 fully saturated rings. The molecule has 0 aromatic heterocycles. The maximum Gasteiger partial charge on any atom is 0.401 e. The molecule has 0 aliphatic heterocycles. The number of nitrogens with one attached hydrogen (secondary N) is 1. The smallest absolute Gasteiger partial charge is 0.401 e. The topological polar surface area (TPSA) is 21.3 Å². The SMILES string of the molecule is Fc1ccc(OCCNCC(F)(F)F)cc1Cl. The minimum Gasteiger partial charge on any atom is -0.492 e. The van der Waals surface area contributed by atoms with Crippen molar-refractivity contribution in [2.45, 2.75) is 6.18 Å². The van der Waals surface area contributed by atoms with Crippen molar-refractivity contribution >= 4 is 11.6 Å². The molecular formula is C10H10ClF4NO. The third kappa shape index (κ3) is 5.74. The molecular weight excluding hydrogens is 262 g/mol. The van der Waals surface area contributed by atoms with Gasteiger partial charge in [0.1, 0.15) is 18.2 Å². The predicted octanol–water partition coefficient (Wildman–Crippen LogP) is 3.01. The highest BCUT2D eigenvalue weighted by atomic mass is 35.5. The Labute approximate surface area is 101 Å². The van der Waals surface area contributed by atoms with Crippen molar-refractivity contribution in [3.63, 3.8) is 0 Å². The van der Waals surface area contributed by atoms with Crippen molar-refractivity contribution in [1.29, 1.82) is 0 Å². The minimum absolute atomic E-state index is 0.0362. The summed E-state index contributed by atoms with van der Waals surface area (Å²) in [7, 11) is 0. The van der Waals surface area contributed by atoms with E-state index in [9.17, 15) is 17.6 Å². The molecule has 2 nitrogen and oxygen atoms in total. The monoisotopic (exact) mass is 271 g/mol. The lowest BCUT2D eigenvalue weighted by Gasteiger charge is -2.09. The van der Waals surface area contributed by atoms with Crippen molar-refractivity contribution in [2.24, 2.45) is 0 Å². The van der Waals surface area contributed by atoms with Gasteiger partial charge in [0, 0.05) is 12.6 Å². The van der Waals surface area contributed by atoms with Crippen LogP contribution in [-0.4, -0.2) is 25.9 Å². The Bertz CT molecular complexity index is 370. The van der Waals surface area contributed by atoms with Crippen LogP contribution >= 0.6 is 11.6 Å². The highest BCUT2D eigenvalue weighted by Gasteiger charge is 2.25. The molecule has 96 valence electrons. The molecule has 0 saturated heterocycles. The van der Waals surface area contributed by atoms with E-state index in [1.807, 2.05) is 0 Å². The van der Waals surface area contributed by atoms with Gasteiger partial charge < -0.3 is 10.1 Å². The lowest BCUT2D eigenvalue weighted by atomic mass is 10.3. The highest BCUT2D eigenvalue weighted by molar-refractivity contribution is 6.30. The van der Waals surface area contributed by atoms with Gasteiger partial charge in [0.05, 0.1) is 11.6 Å². The maximum absolute atomic E-state index is 12.7. The normalized spacial score (nSPS) is 11.6. The second kappa shape index (κ2) is 6.07. The zero-order valence-electron chi connectivity index (χ0n) is 8.65. The average molecular weight is 272 g/mol. The van der Waals surface area contributed by atoms with Crippen LogP contribution in [0.3, 0.4) is 0 Å². The van der Waals surface area contributed by atoms with Crippen molar-refractivity contribution in [3.8, 4) is 5.75 Å². The van der Waals surface area contributed by atoms with Gasteiger partial charge in [-0.1, -0.05) is 11.6 Å². The van der Waals surface area contributed by atoms with Gasteiger partial charge in [0.2, 0.25) is 0 Å². The van der Waals surface area contributed by atoms with Gasteiger partial charge in [-0.3, -0.25) is 0 Å².